The summed E-state index contributed by atoms with van der Waals surface area (Å²) in [4.78, 5) is 72.6. The summed E-state index contributed by atoms with van der Waals surface area (Å²) in [6, 6.07) is -4.09. The molecule has 0 aromatic rings. The number of hydrogen-bond acceptors (Lipinski definition) is 8. The summed E-state index contributed by atoms with van der Waals surface area (Å²) < 4.78 is 0. The molecule has 16 heteroatoms. The number of amides is 3. The van der Waals surface area contributed by atoms with Crippen LogP contribution in [0.15, 0.2) is 4.99 Å². The maximum Gasteiger partial charge on any atom is 0.326 e. The van der Waals surface area contributed by atoms with E-state index >= 15 is 0 Å². The number of carboxylic acids is 3. The number of carboxylic acid groups (broad SMARTS) is 3. The quantitative estimate of drug-likeness (QED) is 0.0584. The molecule has 0 aliphatic heterocycles. The molecule has 0 saturated heterocycles. The summed E-state index contributed by atoms with van der Waals surface area (Å²) in [5, 5.41) is 32.8. The molecule has 33 heavy (non-hydrogen) atoms. The van der Waals surface area contributed by atoms with E-state index in [1.54, 1.807) is 0 Å². The third-order valence-electron chi connectivity index (χ3n) is 4.02. The number of hydrogen-bond donors (Lipinski definition) is 9. The fourth-order valence-electron chi connectivity index (χ4n) is 2.37. The van der Waals surface area contributed by atoms with Crippen molar-refractivity contribution in [3.8, 4) is 0 Å². The molecule has 186 valence electrons. The lowest BCUT2D eigenvalue weighted by Gasteiger charge is -2.20. The van der Waals surface area contributed by atoms with Gasteiger partial charge in [0.05, 0.1) is 19.0 Å². The largest absolute Gasteiger partial charge is 0.481 e. The normalized spacial score (nSPS) is 13.0. The van der Waals surface area contributed by atoms with Crippen LogP contribution in [-0.2, 0) is 28.8 Å². The lowest BCUT2D eigenvalue weighted by atomic mass is 10.1. The van der Waals surface area contributed by atoms with Gasteiger partial charge in [-0.2, -0.15) is 0 Å². The molecule has 16 nitrogen and oxygen atoms in total. The van der Waals surface area contributed by atoms with E-state index in [0.717, 1.165) is 0 Å². The average molecular weight is 475 g/mol. The van der Waals surface area contributed by atoms with E-state index in [1.165, 1.54) is 0 Å². The van der Waals surface area contributed by atoms with Gasteiger partial charge in [0.2, 0.25) is 17.7 Å². The van der Waals surface area contributed by atoms with Crippen LogP contribution in [-0.4, -0.2) is 88.1 Å². The molecule has 0 aromatic carbocycles. The van der Waals surface area contributed by atoms with E-state index in [4.69, 9.17) is 32.5 Å². The highest BCUT2D eigenvalue weighted by Gasteiger charge is 2.26. The van der Waals surface area contributed by atoms with Gasteiger partial charge >= 0.3 is 17.9 Å². The first kappa shape index (κ1) is 29.0. The fraction of sp³-hybridized carbons (Fsp3) is 0.588. The van der Waals surface area contributed by atoms with Gasteiger partial charge in [-0.3, -0.25) is 29.0 Å². The molecule has 3 atom stereocenters. The second-order valence-corrected chi connectivity index (χ2v) is 6.82. The van der Waals surface area contributed by atoms with Crippen LogP contribution in [0.2, 0.25) is 0 Å². The van der Waals surface area contributed by atoms with Gasteiger partial charge in [0.1, 0.15) is 12.1 Å². The van der Waals surface area contributed by atoms with Crippen LogP contribution >= 0.6 is 0 Å². The molecular formula is C17H29N7O9. The number of nitrogens with zero attached hydrogens (tertiary/aromatic N) is 1. The van der Waals surface area contributed by atoms with E-state index in [9.17, 15) is 28.8 Å². The zero-order chi connectivity index (χ0) is 25.6. The van der Waals surface area contributed by atoms with Crippen molar-refractivity contribution < 1.29 is 44.1 Å². The summed E-state index contributed by atoms with van der Waals surface area (Å²) >= 11 is 0. The minimum absolute atomic E-state index is 0.0262. The molecule has 0 aromatic heterocycles. The minimum Gasteiger partial charge on any atom is -0.481 e. The average Bonchev–Trinajstić information content (AvgIpc) is 2.70. The van der Waals surface area contributed by atoms with Gasteiger partial charge in [-0.1, -0.05) is 0 Å². The van der Waals surface area contributed by atoms with Crippen LogP contribution in [0.4, 0.5) is 0 Å². The molecule has 0 bridgehead atoms. The van der Waals surface area contributed by atoms with E-state index in [1.807, 2.05) is 5.32 Å². The monoisotopic (exact) mass is 475 g/mol. The molecule has 12 N–H and O–H groups in total. The van der Waals surface area contributed by atoms with E-state index in [2.05, 4.69) is 15.6 Å². The van der Waals surface area contributed by atoms with E-state index < -0.39 is 66.7 Å². The minimum atomic E-state index is -1.70. The van der Waals surface area contributed by atoms with Gasteiger partial charge in [0, 0.05) is 13.0 Å². The van der Waals surface area contributed by atoms with Crippen LogP contribution in [0.1, 0.15) is 32.1 Å². The Balaban J connectivity index is 5.01. The number of rotatable bonds is 16. The summed E-state index contributed by atoms with van der Waals surface area (Å²) in [6.07, 6.45) is -1.14. The second kappa shape index (κ2) is 15.0. The second-order valence-electron chi connectivity index (χ2n) is 6.82. The molecule has 3 unspecified atom stereocenters. The maximum atomic E-state index is 12.5. The van der Waals surface area contributed by atoms with Crippen molar-refractivity contribution in [2.75, 3.05) is 13.1 Å². The number of nitrogens with one attached hydrogen (secondary N) is 3. The Hall–Kier alpha value is -3.95. The Morgan fingerprint density at radius 3 is 2.00 bits per heavy atom. The Kier molecular flexibility index (Phi) is 13.2. The SMILES string of the molecule is NC(N)=NCCCC(NC(=O)C(N)CCC(=O)O)C(=O)NCC(=O)NC(CC(=O)O)C(=O)O. The van der Waals surface area contributed by atoms with Gasteiger partial charge in [-0.05, 0) is 19.3 Å². The fourth-order valence-corrected chi connectivity index (χ4v) is 2.37. The van der Waals surface area contributed by atoms with Crippen molar-refractivity contribution in [1.29, 1.82) is 0 Å². The molecule has 0 rings (SSSR count). The first-order valence-corrected chi connectivity index (χ1v) is 9.68. The van der Waals surface area contributed by atoms with Gasteiger partial charge in [-0.25, -0.2) is 4.79 Å². The van der Waals surface area contributed by atoms with E-state index in [-0.39, 0.29) is 38.2 Å². The van der Waals surface area contributed by atoms with Crippen LogP contribution in [0.5, 0.6) is 0 Å². The van der Waals surface area contributed by atoms with Gasteiger partial charge in [0.15, 0.2) is 5.96 Å². The van der Waals surface area contributed by atoms with Crippen molar-refractivity contribution >= 4 is 41.6 Å². The standard InChI is InChI=1S/C17H29N7O9/c18-8(3-4-12(26)27)14(30)24-9(2-1-5-21-17(19)20)15(31)22-7-11(25)23-10(16(32)33)6-13(28)29/h8-10H,1-7,18H2,(H,22,31)(H,23,25)(H,24,30)(H,26,27)(H,28,29)(H,32,33)(H4,19,20,21). The molecule has 3 amide bonds. The Morgan fingerprint density at radius 1 is 0.848 bits per heavy atom. The summed E-state index contributed by atoms with van der Waals surface area (Å²) in [6.45, 7) is -0.573. The van der Waals surface area contributed by atoms with Crippen molar-refractivity contribution in [3.05, 3.63) is 0 Å². The third-order valence-corrected chi connectivity index (χ3v) is 4.02. The Bertz CT molecular complexity index is 768. The van der Waals surface area contributed by atoms with Gasteiger partial charge < -0.3 is 48.5 Å². The van der Waals surface area contributed by atoms with Crippen LogP contribution < -0.4 is 33.2 Å². The summed E-state index contributed by atoms with van der Waals surface area (Å²) in [5.74, 6) is -6.94. The molecule has 0 fully saturated rings. The molecule has 0 spiro atoms. The highest BCUT2D eigenvalue weighted by Crippen LogP contribution is 2.02. The van der Waals surface area contributed by atoms with Crippen LogP contribution in [0, 0.1) is 0 Å². The summed E-state index contributed by atoms with van der Waals surface area (Å²) in [7, 11) is 0. The van der Waals surface area contributed by atoms with Gasteiger partial charge in [-0.15, -0.1) is 0 Å². The van der Waals surface area contributed by atoms with Crippen molar-refractivity contribution in [1.82, 2.24) is 16.0 Å². The molecular weight excluding hydrogens is 446 g/mol. The number of carbonyl (C=O) groups is 6. The summed E-state index contributed by atoms with van der Waals surface area (Å²) in [5.41, 5.74) is 16.0. The predicted molar refractivity (Wildman–Crippen MR) is 112 cm³/mol. The van der Waals surface area contributed by atoms with Crippen molar-refractivity contribution in [2.45, 2.75) is 50.2 Å². The van der Waals surface area contributed by atoms with Gasteiger partial charge in [0.25, 0.3) is 0 Å². The Morgan fingerprint density at radius 2 is 1.48 bits per heavy atom. The lowest BCUT2D eigenvalue weighted by Crippen LogP contribution is -2.53. The van der Waals surface area contributed by atoms with Crippen LogP contribution in [0.25, 0.3) is 0 Å². The smallest absolute Gasteiger partial charge is 0.326 e. The number of guanidine groups is 1. The van der Waals surface area contributed by atoms with Crippen molar-refractivity contribution in [2.24, 2.45) is 22.2 Å². The Labute approximate surface area is 187 Å². The molecule has 0 saturated carbocycles. The highest BCUT2D eigenvalue weighted by atomic mass is 16.4. The highest BCUT2D eigenvalue weighted by molar-refractivity contribution is 5.93. The maximum absolute atomic E-state index is 12.5. The number of aliphatic carboxylic acids is 3. The lowest BCUT2D eigenvalue weighted by molar-refractivity contribution is -0.147. The number of nitrogens with two attached hydrogens (primary N) is 3. The predicted octanol–water partition coefficient (Wildman–Crippen LogP) is -4.12. The number of aliphatic imine (C=N–C) groups is 1. The number of carbonyl (C=O) groups excluding carboxylic acids is 3. The molecule has 0 aliphatic carbocycles. The topological polar surface area (TPSA) is 290 Å². The van der Waals surface area contributed by atoms with E-state index in [0.29, 0.717) is 0 Å². The molecule has 0 heterocycles. The first-order valence-electron chi connectivity index (χ1n) is 9.68. The third kappa shape index (κ3) is 13.9. The molecule has 0 radical (unpaired) electrons. The van der Waals surface area contributed by atoms with Crippen LogP contribution in [0.3, 0.4) is 0 Å². The molecule has 0 aliphatic rings. The zero-order valence-corrected chi connectivity index (χ0v) is 17.7. The van der Waals surface area contributed by atoms with Crippen molar-refractivity contribution in [3.63, 3.8) is 0 Å². The zero-order valence-electron chi connectivity index (χ0n) is 17.7. The first-order chi connectivity index (χ1) is 15.3.